The zero-order valence-electron chi connectivity index (χ0n) is 10.2. The number of nitrogens with one attached hydrogen (secondary N) is 1. The lowest BCUT2D eigenvalue weighted by Gasteiger charge is -1.99. The van der Waals surface area contributed by atoms with Gasteiger partial charge in [-0.15, -0.1) is 16.4 Å². The van der Waals surface area contributed by atoms with Crippen LogP contribution in [-0.2, 0) is 6.42 Å². The molecular formula is C10H11N5O2S2. The van der Waals surface area contributed by atoms with Crippen molar-refractivity contribution in [2.75, 3.05) is 5.32 Å². The Morgan fingerprint density at radius 1 is 1.58 bits per heavy atom. The zero-order valence-corrected chi connectivity index (χ0v) is 11.9. The predicted molar refractivity (Wildman–Crippen MR) is 73.4 cm³/mol. The van der Waals surface area contributed by atoms with E-state index < -0.39 is 0 Å². The summed E-state index contributed by atoms with van der Waals surface area (Å²) in [6.07, 6.45) is 0.651. The summed E-state index contributed by atoms with van der Waals surface area (Å²) in [6, 6.07) is 0. The van der Waals surface area contributed by atoms with Crippen molar-refractivity contribution in [2.45, 2.75) is 20.3 Å². The second-order valence-electron chi connectivity index (χ2n) is 3.58. The number of amides is 1. The molecule has 2 rings (SSSR count). The molecule has 7 nitrogen and oxygen atoms in total. The molecule has 0 unspecified atom stereocenters. The minimum Gasteiger partial charge on any atom is -0.411 e. The molecule has 0 bridgehead atoms. The number of carbonyl (C=O) groups excluding carboxylic acids is 1. The van der Waals surface area contributed by atoms with Crippen LogP contribution in [0.5, 0.6) is 0 Å². The van der Waals surface area contributed by atoms with E-state index in [9.17, 15) is 4.79 Å². The first kappa shape index (κ1) is 13.6. The number of nitrogens with zero attached hydrogens (tertiary/aromatic N) is 4. The van der Waals surface area contributed by atoms with Gasteiger partial charge in [-0.1, -0.05) is 16.6 Å². The molecule has 0 aliphatic carbocycles. The van der Waals surface area contributed by atoms with Gasteiger partial charge in [0.1, 0.15) is 16.3 Å². The molecule has 100 valence electrons. The van der Waals surface area contributed by atoms with Crippen LogP contribution in [-0.4, -0.2) is 31.4 Å². The average molecular weight is 297 g/mol. The van der Waals surface area contributed by atoms with Gasteiger partial charge in [0.25, 0.3) is 5.91 Å². The molecule has 0 spiro atoms. The van der Waals surface area contributed by atoms with Gasteiger partial charge in [-0.3, -0.25) is 10.1 Å². The summed E-state index contributed by atoms with van der Waals surface area (Å²) < 4.78 is 3.76. The largest absolute Gasteiger partial charge is 0.411 e. The fraction of sp³-hybridized carbons (Fsp3) is 0.300. The number of rotatable bonds is 4. The number of anilines is 1. The van der Waals surface area contributed by atoms with Crippen molar-refractivity contribution in [3.8, 4) is 0 Å². The molecule has 0 aliphatic rings. The van der Waals surface area contributed by atoms with Crippen molar-refractivity contribution in [3.63, 3.8) is 0 Å². The monoisotopic (exact) mass is 297 g/mol. The van der Waals surface area contributed by atoms with Crippen LogP contribution in [0.1, 0.15) is 34.9 Å². The summed E-state index contributed by atoms with van der Waals surface area (Å²) in [5.74, 6) is -0.272. The third-order valence-electron chi connectivity index (χ3n) is 2.34. The second-order valence-corrected chi connectivity index (χ2v) is 5.19. The normalized spacial score (nSPS) is 11.6. The van der Waals surface area contributed by atoms with Crippen LogP contribution in [0.15, 0.2) is 10.5 Å². The number of aromatic nitrogens is 3. The smallest absolute Gasteiger partial charge is 0.271 e. The maximum absolute atomic E-state index is 12.0. The second kappa shape index (κ2) is 5.85. The quantitative estimate of drug-likeness (QED) is 0.511. The van der Waals surface area contributed by atoms with Gasteiger partial charge < -0.3 is 5.21 Å². The molecule has 2 heterocycles. The molecule has 0 radical (unpaired) electrons. The van der Waals surface area contributed by atoms with Gasteiger partial charge in [-0.05, 0) is 24.9 Å². The summed E-state index contributed by atoms with van der Waals surface area (Å²) in [5.41, 5.74) is 1.60. The maximum Gasteiger partial charge on any atom is 0.271 e. The molecule has 0 fully saturated rings. The van der Waals surface area contributed by atoms with Crippen LogP contribution < -0.4 is 5.32 Å². The van der Waals surface area contributed by atoms with Gasteiger partial charge in [0.2, 0.25) is 0 Å². The fourth-order valence-corrected chi connectivity index (χ4v) is 2.71. The summed E-state index contributed by atoms with van der Waals surface area (Å²) in [5, 5.41) is 20.4. The van der Waals surface area contributed by atoms with E-state index in [1.807, 2.05) is 6.92 Å². The highest BCUT2D eigenvalue weighted by molar-refractivity contribution is 7.14. The number of oxime groups is 1. The zero-order chi connectivity index (χ0) is 13.8. The van der Waals surface area contributed by atoms with Crippen LogP contribution in [0.4, 0.5) is 5.13 Å². The van der Waals surface area contributed by atoms with E-state index in [4.69, 9.17) is 5.21 Å². The highest BCUT2D eigenvalue weighted by atomic mass is 32.1. The molecule has 2 N–H and O–H groups in total. The van der Waals surface area contributed by atoms with Gasteiger partial charge in [0.05, 0.1) is 5.69 Å². The number of carbonyl (C=O) groups is 1. The third kappa shape index (κ3) is 2.93. The SMILES string of the molecule is CCc1nnsc1C(=O)Nc1nc(C(C)=NO)cs1. The molecular weight excluding hydrogens is 286 g/mol. The lowest BCUT2D eigenvalue weighted by Crippen LogP contribution is -2.12. The lowest BCUT2D eigenvalue weighted by molar-refractivity contribution is 0.102. The van der Waals surface area contributed by atoms with Crippen LogP contribution in [0.3, 0.4) is 0 Å². The Bertz CT molecular complexity index is 619. The minimum atomic E-state index is -0.272. The van der Waals surface area contributed by atoms with E-state index in [-0.39, 0.29) is 5.91 Å². The topological polar surface area (TPSA) is 100 Å². The van der Waals surface area contributed by atoms with E-state index in [0.29, 0.717) is 33.5 Å². The van der Waals surface area contributed by atoms with Crippen molar-refractivity contribution in [1.82, 2.24) is 14.6 Å². The number of aryl methyl sites for hydroxylation is 1. The Morgan fingerprint density at radius 3 is 3.05 bits per heavy atom. The summed E-state index contributed by atoms with van der Waals surface area (Å²) in [7, 11) is 0. The molecule has 1 amide bonds. The predicted octanol–water partition coefficient (Wildman–Crippen LogP) is 2.01. The highest BCUT2D eigenvalue weighted by Gasteiger charge is 2.16. The number of hydrogen-bond acceptors (Lipinski definition) is 8. The van der Waals surface area contributed by atoms with Gasteiger partial charge in [-0.25, -0.2) is 4.98 Å². The Labute approximate surface area is 117 Å². The van der Waals surface area contributed by atoms with Crippen molar-refractivity contribution in [1.29, 1.82) is 0 Å². The van der Waals surface area contributed by atoms with Crippen LogP contribution in [0.2, 0.25) is 0 Å². The first-order valence-corrected chi connectivity index (χ1v) is 7.08. The fourth-order valence-electron chi connectivity index (χ4n) is 1.31. The van der Waals surface area contributed by atoms with E-state index in [1.165, 1.54) is 11.3 Å². The van der Waals surface area contributed by atoms with Gasteiger partial charge in [-0.2, -0.15) is 0 Å². The third-order valence-corrected chi connectivity index (χ3v) is 3.87. The van der Waals surface area contributed by atoms with Crippen LogP contribution in [0, 0.1) is 0 Å². The Balaban J connectivity index is 2.13. The summed E-state index contributed by atoms with van der Waals surface area (Å²) in [4.78, 5) is 16.6. The van der Waals surface area contributed by atoms with Crippen molar-refractivity contribution >= 4 is 39.6 Å². The number of hydrogen-bond donors (Lipinski definition) is 2. The Hall–Kier alpha value is -1.87. The summed E-state index contributed by atoms with van der Waals surface area (Å²) >= 11 is 2.32. The summed E-state index contributed by atoms with van der Waals surface area (Å²) in [6.45, 7) is 3.54. The Morgan fingerprint density at radius 2 is 2.37 bits per heavy atom. The maximum atomic E-state index is 12.0. The van der Waals surface area contributed by atoms with Gasteiger partial charge in [0.15, 0.2) is 5.13 Å². The van der Waals surface area contributed by atoms with E-state index in [1.54, 1.807) is 12.3 Å². The number of thiazole rings is 1. The molecule has 2 aromatic rings. The first-order valence-electron chi connectivity index (χ1n) is 5.42. The minimum absolute atomic E-state index is 0.272. The molecule has 0 aliphatic heterocycles. The standard InChI is InChI=1S/C10H11N5O2S2/c1-3-6-8(19-15-13-6)9(16)12-10-11-7(4-18-10)5(2)14-17/h4,17H,3H2,1-2H3,(H,11,12,16). The van der Waals surface area contributed by atoms with E-state index >= 15 is 0 Å². The van der Waals surface area contributed by atoms with Crippen molar-refractivity contribution in [3.05, 3.63) is 21.6 Å². The highest BCUT2D eigenvalue weighted by Crippen LogP contribution is 2.19. The van der Waals surface area contributed by atoms with E-state index in [2.05, 4.69) is 25.0 Å². The van der Waals surface area contributed by atoms with Crippen molar-refractivity contribution < 1.29 is 10.0 Å². The molecule has 0 saturated carbocycles. The molecule has 0 saturated heterocycles. The Kier molecular flexibility index (Phi) is 4.17. The molecule has 0 atom stereocenters. The van der Waals surface area contributed by atoms with Crippen LogP contribution in [0.25, 0.3) is 0 Å². The van der Waals surface area contributed by atoms with Gasteiger partial charge >= 0.3 is 0 Å². The van der Waals surface area contributed by atoms with Crippen LogP contribution >= 0.6 is 22.9 Å². The lowest BCUT2D eigenvalue weighted by atomic mass is 10.3. The molecule has 9 heteroatoms. The molecule has 0 aromatic carbocycles. The average Bonchev–Trinajstić information content (AvgIpc) is 3.05. The van der Waals surface area contributed by atoms with E-state index in [0.717, 1.165) is 11.5 Å². The molecule has 19 heavy (non-hydrogen) atoms. The molecule has 2 aromatic heterocycles. The first-order chi connectivity index (χ1) is 9.15. The van der Waals surface area contributed by atoms with Crippen molar-refractivity contribution in [2.24, 2.45) is 5.16 Å². The van der Waals surface area contributed by atoms with Gasteiger partial charge in [0, 0.05) is 5.38 Å².